The molecule has 1 aromatic heterocycles. The van der Waals surface area contributed by atoms with Crippen LogP contribution in [0.4, 0.5) is 5.82 Å². The maximum atomic E-state index is 5.67. The maximum absolute atomic E-state index is 5.67. The molecule has 1 aliphatic carbocycles. The van der Waals surface area contributed by atoms with Crippen LogP contribution in [0.1, 0.15) is 39.3 Å². The third-order valence-corrected chi connectivity index (χ3v) is 3.52. The Morgan fingerprint density at radius 1 is 1.25 bits per heavy atom. The standard InChI is InChI=1S/C15H25N3O2/c1-15(2,3)13-9-14(17-10-16-13)18-11-7-12(8-11)20-6-5-19-4/h9-12H,5-8H2,1-4H3,(H,16,17,18)/t11-,12+. The highest BCUT2D eigenvalue weighted by Crippen LogP contribution is 2.27. The summed E-state index contributed by atoms with van der Waals surface area (Å²) in [6.45, 7) is 7.80. The van der Waals surface area contributed by atoms with Crippen LogP contribution in [-0.4, -0.2) is 42.4 Å². The predicted octanol–water partition coefficient (Wildman–Crippen LogP) is 2.38. The predicted molar refractivity (Wildman–Crippen MR) is 79.0 cm³/mol. The van der Waals surface area contributed by atoms with E-state index in [1.54, 1.807) is 13.4 Å². The van der Waals surface area contributed by atoms with Gasteiger partial charge < -0.3 is 14.8 Å². The van der Waals surface area contributed by atoms with Crippen LogP contribution in [0.2, 0.25) is 0 Å². The van der Waals surface area contributed by atoms with Crippen molar-refractivity contribution in [1.29, 1.82) is 0 Å². The molecule has 1 saturated carbocycles. The van der Waals surface area contributed by atoms with Crippen LogP contribution in [0.25, 0.3) is 0 Å². The molecule has 2 rings (SSSR count). The van der Waals surface area contributed by atoms with E-state index in [2.05, 4.69) is 36.1 Å². The molecule has 5 nitrogen and oxygen atoms in total. The minimum atomic E-state index is 0.0464. The van der Waals surface area contributed by atoms with Crippen molar-refractivity contribution < 1.29 is 9.47 Å². The second-order valence-corrected chi connectivity index (χ2v) is 6.34. The van der Waals surface area contributed by atoms with Gasteiger partial charge in [-0.25, -0.2) is 9.97 Å². The molecular formula is C15H25N3O2. The van der Waals surface area contributed by atoms with E-state index in [1.165, 1.54) is 0 Å². The van der Waals surface area contributed by atoms with E-state index in [4.69, 9.17) is 9.47 Å². The Balaban J connectivity index is 1.78. The largest absolute Gasteiger partial charge is 0.382 e. The van der Waals surface area contributed by atoms with Gasteiger partial charge in [-0.15, -0.1) is 0 Å². The number of hydrogen-bond donors (Lipinski definition) is 1. The van der Waals surface area contributed by atoms with Crippen molar-refractivity contribution in [2.45, 2.75) is 51.2 Å². The lowest BCUT2D eigenvalue weighted by atomic mass is 9.89. The highest BCUT2D eigenvalue weighted by Gasteiger charge is 2.30. The summed E-state index contributed by atoms with van der Waals surface area (Å²) in [7, 11) is 1.69. The Hall–Kier alpha value is -1.20. The molecule has 1 N–H and O–H groups in total. The normalized spacial score (nSPS) is 22.4. The Kier molecular flexibility index (Phi) is 4.94. The van der Waals surface area contributed by atoms with Crippen molar-refractivity contribution in [1.82, 2.24) is 9.97 Å². The number of nitrogens with zero attached hydrogens (tertiary/aromatic N) is 2. The minimum absolute atomic E-state index is 0.0464. The summed E-state index contributed by atoms with van der Waals surface area (Å²) in [5.41, 5.74) is 1.10. The molecule has 0 amide bonds. The topological polar surface area (TPSA) is 56.3 Å². The molecule has 0 radical (unpaired) electrons. The van der Waals surface area contributed by atoms with Gasteiger partial charge >= 0.3 is 0 Å². The van der Waals surface area contributed by atoms with E-state index in [0.29, 0.717) is 25.4 Å². The smallest absolute Gasteiger partial charge is 0.129 e. The lowest BCUT2D eigenvalue weighted by Crippen LogP contribution is -2.41. The summed E-state index contributed by atoms with van der Waals surface area (Å²) in [5.74, 6) is 0.908. The molecule has 112 valence electrons. The zero-order valence-corrected chi connectivity index (χ0v) is 12.8. The third-order valence-electron chi connectivity index (χ3n) is 3.52. The molecule has 1 aromatic rings. The van der Waals surface area contributed by atoms with Crippen LogP contribution < -0.4 is 5.32 Å². The molecule has 0 aromatic carbocycles. The number of anilines is 1. The number of rotatable bonds is 6. The van der Waals surface area contributed by atoms with Crippen LogP contribution >= 0.6 is 0 Å². The van der Waals surface area contributed by atoms with Gasteiger partial charge in [-0.2, -0.15) is 0 Å². The maximum Gasteiger partial charge on any atom is 0.129 e. The second-order valence-electron chi connectivity index (χ2n) is 6.34. The zero-order chi connectivity index (χ0) is 14.6. The van der Waals surface area contributed by atoms with E-state index < -0.39 is 0 Å². The van der Waals surface area contributed by atoms with Gasteiger partial charge in [0.2, 0.25) is 0 Å². The molecule has 0 spiro atoms. The van der Waals surface area contributed by atoms with Crippen LogP contribution in [0.15, 0.2) is 12.4 Å². The Morgan fingerprint density at radius 2 is 2.00 bits per heavy atom. The second kappa shape index (κ2) is 6.50. The minimum Gasteiger partial charge on any atom is -0.382 e. The van der Waals surface area contributed by atoms with E-state index in [1.807, 2.05) is 6.07 Å². The molecule has 0 bridgehead atoms. The number of ether oxygens (including phenoxy) is 2. The number of nitrogens with one attached hydrogen (secondary N) is 1. The van der Waals surface area contributed by atoms with Gasteiger partial charge in [-0.3, -0.25) is 0 Å². The fourth-order valence-electron chi connectivity index (χ4n) is 2.17. The first kappa shape index (κ1) is 15.2. The van der Waals surface area contributed by atoms with Gasteiger partial charge in [0.15, 0.2) is 0 Å². The third kappa shape index (κ3) is 4.15. The molecule has 1 heterocycles. The van der Waals surface area contributed by atoms with E-state index in [-0.39, 0.29) is 5.41 Å². The molecule has 5 heteroatoms. The first-order valence-electron chi connectivity index (χ1n) is 7.18. The average Bonchev–Trinajstić information content (AvgIpc) is 2.35. The lowest BCUT2D eigenvalue weighted by Gasteiger charge is -2.36. The fourth-order valence-corrected chi connectivity index (χ4v) is 2.17. The summed E-state index contributed by atoms with van der Waals surface area (Å²) in [5, 5.41) is 3.45. The number of methoxy groups -OCH3 is 1. The molecule has 0 saturated heterocycles. The molecule has 0 atom stereocenters. The Morgan fingerprint density at radius 3 is 2.65 bits per heavy atom. The number of hydrogen-bond acceptors (Lipinski definition) is 5. The van der Waals surface area contributed by atoms with Crippen LogP contribution in [0.3, 0.4) is 0 Å². The summed E-state index contributed by atoms with van der Waals surface area (Å²) >= 11 is 0. The Labute approximate surface area is 121 Å². The van der Waals surface area contributed by atoms with Gasteiger partial charge in [-0.05, 0) is 12.8 Å². The summed E-state index contributed by atoms with van der Waals surface area (Å²) in [4.78, 5) is 8.63. The summed E-state index contributed by atoms with van der Waals surface area (Å²) in [6.07, 6.45) is 4.04. The van der Waals surface area contributed by atoms with Gasteiger partial charge in [-0.1, -0.05) is 20.8 Å². The van der Waals surface area contributed by atoms with Crippen molar-refractivity contribution in [2.24, 2.45) is 0 Å². The summed E-state index contributed by atoms with van der Waals surface area (Å²) in [6, 6.07) is 2.49. The molecule has 0 aliphatic heterocycles. The van der Waals surface area contributed by atoms with Crippen molar-refractivity contribution in [3.05, 3.63) is 18.1 Å². The Bertz CT molecular complexity index is 425. The van der Waals surface area contributed by atoms with E-state index in [9.17, 15) is 0 Å². The van der Waals surface area contributed by atoms with Crippen molar-refractivity contribution in [3.8, 4) is 0 Å². The first-order chi connectivity index (χ1) is 9.49. The van der Waals surface area contributed by atoms with Crippen molar-refractivity contribution in [3.63, 3.8) is 0 Å². The van der Waals surface area contributed by atoms with E-state index >= 15 is 0 Å². The SMILES string of the molecule is COCCO[C@H]1C[C@@H](Nc2cc(C(C)(C)C)ncn2)C1. The van der Waals surface area contributed by atoms with Crippen LogP contribution in [-0.2, 0) is 14.9 Å². The van der Waals surface area contributed by atoms with Gasteiger partial charge in [0, 0.05) is 24.6 Å². The van der Waals surface area contributed by atoms with Gasteiger partial charge in [0.05, 0.1) is 25.0 Å². The van der Waals surface area contributed by atoms with Crippen molar-refractivity contribution in [2.75, 3.05) is 25.6 Å². The fraction of sp³-hybridized carbons (Fsp3) is 0.733. The molecule has 20 heavy (non-hydrogen) atoms. The summed E-state index contributed by atoms with van der Waals surface area (Å²) < 4.78 is 10.6. The highest BCUT2D eigenvalue weighted by atomic mass is 16.5. The highest BCUT2D eigenvalue weighted by molar-refractivity contribution is 5.38. The zero-order valence-electron chi connectivity index (χ0n) is 12.8. The molecule has 0 unspecified atom stereocenters. The van der Waals surface area contributed by atoms with Gasteiger partial charge in [0.25, 0.3) is 0 Å². The quantitative estimate of drug-likeness (QED) is 0.810. The lowest BCUT2D eigenvalue weighted by molar-refractivity contribution is -0.0261. The van der Waals surface area contributed by atoms with Crippen LogP contribution in [0, 0.1) is 0 Å². The first-order valence-corrected chi connectivity index (χ1v) is 7.18. The molecule has 1 fully saturated rings. The molecular weight excluding hydrogens is 254 g/mol. The monoisotopic (exact) mass is 279 g/mol. The van der Waals surface area contributed by atoms with Crippen molar-refractivity contribution >= 4 is 5.82 Å². The average molecular weight is 279 g/mol. The number of aromatic nitrogens is 2. The van der Waals surface area contributed by atoms with Crippen LogP contribution in [0.5, 0.6) is 0 Å². The van der Waals surface area contributed by atoms with Gasteiger partial charge in [0.1, 0.15) is 12.1 Å². The molecule has 1 aliphatic rings. The van der Waals surface area contributed by atoms with E-state index in [0.717, 1.165) is 24.4 Å².